The lowest BCUT2D eigenvalue weighted by molar-refractivity contribution is -0.0498. The third-order valence-electron chi connectivity index (χ3n) is 2.66. The van der Waals surface area contributed by atoms with Gasteiger partial charge < -0.3 is 10.1 Å². The quantitative estimate of drug-likeness (QED) is 0.871. The minimum atomic E-state index is -2.88. The van der Waals surface area contributed by atoms with Crippen LogP contribution >= 0.6 is 11.6 Å². The molecule has 1 aromatic carbocycles. The standard InChI is InChI=1S/C14H11ClF2N2O2/c1-8-6-10(21-14(16)17)3-4-11(8)19-13(20)9-2-5-12(15)18-7-9/h2-7,14H,1H3,(H,19,20). The Labute approximate surface area is 124 Å². The summed E-state index contributed by atoms with van der Waals surface area (Å²) < 4.78 is 28.5. The number of pyridine rings is 1. The largest absolute Gasteiger partial charge is 0.435 e. The van der Waals surface area contributed by atoms with Gasteiger partial charge in [0.15, 0.2) is 0 Å². The van der Waals surface area contributed by atoms with E-state index >= 15 is 0 Å². The zero-order chi connectivity index (χ0) is 15.4. The third-order valence-corrected chi connectivity index (χ3v) is 2.88. The zero-order valence-corrected chi connectivity index (χ0v) is 11.7. The molecule has 4 nitrogen and oxygen atoms in total. The van der Waals surface area contributed by atoms with Gasteiger partial charge in [-0.05, 0) is 42.8 Å². The molecule has 110 valence electrons. The van der Waals surface area contributed by atoms with E-state index in [1.54, 1.807) is 6.92 Å². The number of benzene rings is 1. The zero-order valence-electron chi connectivity index (χ0n) is 10.9. The number of carbonyl (C=O) groups excluding carboxylic acids is 1. The molecule has 7 heteroatoms. The number of aryl methyl sites for hydroxylation is 1. The van der Waals surface area contributed by atoms with Crippen LogP contribution in [-0.4, -0.2) is 17.5 Å². The number of amides is 1. The molecule has 1 aromatic heterocycles. The molecule has 21 heavy (non-hydrogen) atoms. The molecular weight excluding hydrogens is 302 g/mol. The maximum absolute atomic E-state index is 12.1. The van der Waals surface area contributed by atoms with Crippen LogP contribution in [0, 0.1) is 6.92 Å². The van der Waals surface area contributed by atoms with Gasteiger partial charge in [0, 0.05) is 11.9 Å². The van der Waals surface area contributed by atoms with Crippen molar-refractivity contribution in [3.8, 4) is 5.75 Å². The van der Waals surface area contributed by atoms with Gasteiger partial charge in [-0.1, -0.05) is 11.6 Å². The van der Waals surface area contributed by atoms with Crippen LogP contribution in [0.25, 0.3) is 0 Å². The van der Waals surface area contributed by atoms with E-state index in [0.29, 0.717) is 16.8 Å². The third kappa shape index (κ3) is 4.13. The van der Waals surface area contributed by atoms with Gasteiger partial charge in [0.2, 0.25) is 0 Å². The van der Waals surface area contributed by atoms with Gasteiger partial charge in [-0.25, -0.2) is 4.98 Å². The van der Waals surface area contributed by atoms with Crippen molar-refractivity contribution in [2.75, 3.05) is 5.32 Å². The molecule has 0 aliphatic heterocycles. The molecule has 1 amide bonds. The molecule has 0 atom stereocenters. The molecular formula is C14H11ClF2N2O2. The lowest BCUT2D eigenvalue weighted by atomic mass is 10.1. The minimum Gasteiger partial charge on any atom is -0.435 e. The van der Waals surface area contributed by atoms with E-state index in [9.17, 15) is 13.6 Å². The minimum absolute atomic E-state index is 0.0358. The molecule has 0 spiro atoms. The number of ether oxygens (including phenoxy) is 1. The highest BCUT2D eigenvalue weighted by Crippen LogP contribution is 2.23. The molecule has 2 aromatic rings. The number of hydrogen-bond donors (Lipinski definition) is 1. The lowest BCUT2D eigenvalue weighted by Gasteiger charge is -2.11. The van der Waals surface area contributed by atoms with Crippen LogP contribution in [0.15, 0.2) is 36.5 Å². The van der Waals surface area contributed by atoms with Crippen molar-refractivity contribution in [2.45, 2.75) is 13.5 Å². The number of nitrogens with one attached hydrogen (secondary N) is 1. The second kappa shape index (κ2) is 6.49. The van der Waals surface area contributed by atoms with Crippen molar-refractivity contribution in [3.05, 3.63) is 52.8 Å². The fraction of sp³-hybridized carbons (Fsp3) is 0.143. The summed E-state index contributed by atoms with van der Waals surface area (Å²) in [5.41, 5.74) is 1.44. The molecule has 0 aliphatic carbocycles. The average molecular weight is 313 g/mol. The highest BCUT2D eigenvalue weighted by atomic mass is 35.5. The first-order valence-corrected chi connectivity index (χ1v) is 6.32. The second-order valence-corrected chi connectivity index (χ2v) is 4.57. The van der Waals surface area contributed by atoms with Crippen molar-refractivity contribution in [1.82, 2.24) is 4.98 Å². The summed E-state index contributed by atoms with van der Waals surface area (Å²) in [7, 11) is 0. The van der Waals surface area contributed by atoms with E-state index in [0.717, 1.165) is 0 Å². The van der Waals surface area contributed by atoms with Crippen LogP contribution in [0.2, 0.25) is 5.15 Å². The summed E-state index contributed by atoms with van der Waals surface area (Å²) in [6.45, 7) is -1.21. The molecule has 0 radical (unpaired) electrons. The predicted molar refractivity (Wildman–Crippen MR) is 75.0 cm³/mol. The Morgan fingerprint density at radius 1 is 1.33 bits per heavy atom. The van der Waals surface area contributed by atoms with Gasteiger partial charge in [0.05, 0.1) is 5.56 Å². The van der Waals surface area contributed by atoms with Gasteiger partial charge in [0.1, 0.15) is 10.9 Å². The number of carbonyl (C=O) groups is 1. The Kier molecular flexibility index (Phi) is 4.70. The number of aromatic nitrogens is 1. The van der Waals surface area contributed by atoms with Crippen molar-refractivity contribution in [3.63, 3.8) is 0 Å². The smallest absolute Gasteiger partial charge is 0.387 e. The van der Waals surface area contributed by atoms with Gasteiger partial charge in [-0.15, -0.1) is 0 Å². The Morgan fingerprint density at radius 2 is 2.10 bits per heavy atom. The van der Waals surface area contributed by atoms with E-state index < -0.39 is 6.61 Å². The van der Waals surface area contributed by atoms with Crippen LogP contribution in [0.1, 0.15) is 15.9 Å². The highest BCUT2D eigenvalue weighted by Gasteiger charge is 2.10. The summed E-state index contributed by atoms with van der Waals surface area (Å²) in [4.78, 5) is 15.8. The summed E-state index contributed by atoms with van der Waals surface area (Å²) in [6, 6.07) is 7.31. The van der Waals surface area contributed by atoms with E-state index in [2.05, 4.69) is 15.0 Å². The molecule has 1 N–H and O–H groups in total. The molecule has 0 unspecified atom stereocenters. The van der Waals surface area contributed by atoms with Gasteiger partial charge in [-0.2, -0.15) is 8.78 Å². The number of nitrogens with zero attached hydrogens (tertiary/aromatic N) is 1. The van der Waals surface area contributed by atoms with Gasteiger partial charge in [-0.3, -0.25) is 4.79 Å². The summed E-state index contributed by atoms with van der Waals surface area (Å²) >= 11 is 5.64. The number of hydrogen-bond acceptors (Lipinski definition) is 3. The predicted octanol–water partition coefficient (Wildman–Crippen LogP) is 3.90. The fourth-order valence-electron chi connectivity index (χ4n) is 1.66. The number of rotatable bonds is 4. The van der Waals surface area contributed by atoms with Crippen LogP contribution < -0.4 is 10.1 Å². The number of anilines is 1. The Bertz CT molecular complexity index is 648. The summed E-state index contributed by atoms with van der Waals surface area (Å²) in [5.74, 6) is -0.335. The van der Waals surface area contributed by atoms with Crippen LogP contribution in [0.3, 0.4) is 0 Å². The van der Waals surface area contributed by atoms with Gasteiger partial charge in [0.25, 0.3) is 5.91 Å². The number of alkyl halides is 2. The Balaban J connectivity index is 2.12. The van der Waals surface area contributed by atoms with E-state index in [1.807, 2.05) is 0 Å². The van der Waals surface area contributed by atoms with Crippen molar-refractivity contribution < 1.29 is 18.3 Å². The monoisotopic (exact) mass is 312 g/mol. The first kappa shape index (κ1) is 15.2. The highest BCUT2D eigenvalue weighted by molar-refractivity contribution is 6.29. The van der Waals surface area contributed by atoms with Crippen LogP contribution in [-0.2, 0) is 0 Å². The molecule has 0 aliphatic rings. The van der Waals surface area contributed by atoms with E-state index in [1.165, 1.54) is 36.5 Å². The first-order chi connectivity index (χ1) is 9.95. The van der Waals surface area contributed by atoms with Crippen LogP contribution in [0.4, 0.5) is 14.5 Å². The van der Waals surface area contributed by atoms with Crippen molar-refractivity contribution >= 4 is 23.2 Å². The molecule has 1 heterocycles. The first-order valence-electron chi connectivity index (χ1n) is 5.94. The number of halogens is 3. The van der Waals surface area contributed by atoms with E-state index in [-0.39, 0.29) is 16.8 Å². The van der Waals surface area contributed by atoms with Crippen LogP contribution in [0.5, 0.6) is 5.75 Å². The second-order valence-electron chi connectivity index (χ2n) is 4.18. The van der Waals surface area contributed by atoms with Crippen molar-refractivity contribution in [2.24, 2.45) is 0 Å². The molecule has 0 fully saturated rings. The summed E-state index contributed by atoms with van der Waals surface area (Å²) in [5, 5.41) is 2.95. The maximum atomic E-state index is 12.1. The van der Waals surface area contributed by atoms with Gasteiger partial charge >= 0.3 is 6.61 Å². The maximum Gasteiger partial charge on any atom is 0.387 e. The Hall–Kier alpha value is -2.21. The Morgan fingerprint density at radius 3 is 2.67 bits per heavy atom. The topological polar surface area (TPSA) is 51.2 Å². The molecule has 0 saturated heterocycles. The molecule has 2 rings (SSSR count). The lowest BCUT2D eigenvalue weighted by Crippen LogP contribution is -2.13. The normalized spacial score (nSPS) is 10.5. The fourth-order valence-corrected chi connectivity index (χ4v) is 1.77. The van der Waals surface area contributed by atoms with E-state index in [4.69, 9.17) is 11.6 Å². The molecule has 0 saturated carbocycles. The average Bonchev–Trinajstić information content (AvgIpc) is 2.42. The summed E-state index contributed by atoms with van der Waals surface area (Å²) in [6.07, 6.45) is 1.35. The van der Waals surface area contributed by atoms with Crippen molar-refractivity contribution in [1.29, 1.82) is 0 Å². The molecule has 0 bridgehead atoms. The SMILES string of the molecule is Cc1cc(OC(F)F)ccc1NC(=O)c1ccc(Cl)nc1.